The van der Waals surface area contributed by atoms with Gasteiger partial charge in [-0.2, -0.15) is 0 Å². The number of ether oxygens (including phenoxy) is 1. The molecule has 2 rings (SSSR count). The summed E-state index contributed by atoms with van der Waals surface area (Å²) in [6, 6.07) is 5.19. The van der Waals surface area contributed by atoms with E-state index in [9.17, 15) is 4.79 Å². The SMILES string of the molecule is O=C(O)c1c(Br)cccc1OC1CCC1. The largest absolute Gasteiger partial charge is 0.489 e. The fourth-order valence-electron chi connectivity index (χ4n) is 1.48. The van der Waals surface area contributed by atoms with Crippen LogP contribution in [0.1, 0.15) is 29.6 Å². The second-order valence-electron chi connectivity index (χ2n) is 3.59. The Labute approximate surface area is 96.2 Å². The predicted molar refractivity (Wildman–Crippen MR) is 59.4 cm³/mol. The van der Waals surface area contributed by atoms with E-state index in [1.54, 1.807) is 18.2 Å². The van der Waals surface area contributed by atoms with Crippen molar-refractivity contribution in [2.75, 3.05) is 0 Å². The Balaban J connectivity index is 2.27. The quantitative estimate of drug-likeness (QED) is 0.918. The highest BCUT2D eigenvalue weighted by molar-refractivity contribution is 9.10. The van der Waals surface area contributed by atoms with Gasteiger partial charge in [-0.15, -0.1) is 0 Å². The normalized spacial score (nSPS) is 15.8. The Morgan fingerprint density at radius 3 is 2.73 bits per heavy atom. The second kappa shape index (κ2) is 4.23. The average molecular weight is 271 g/mol. The van der Waals surface area contributed by atoms with Gasteiger partial charge in [0, 0.05) is 4.47 Å². The van der Waals surface area contributed by atoms with Crippen molar-refractivity contribution in [3.05, 3.63) is 28.2 Å². The summed E-state index contributed by atoms with van der Waals surface area (Å²) in [5, 5.41) is 9.04. The zero-order valence-electron chi connectivity index (χ0n) is 8.07. The van der Waals surface area contributed by atoms with E-state index < -0.39 is 5.97 Å². The number of carboxylic acid groups (broad SMARTS) is 1. The molecule has 15 heavy (non-hydrogen) atoms. The highest BCUT2D eigenvalue weighted by Gasteiger charge is 2.22. The van der Waals surface area contributed by atoms with Gasteiger partial charge in [-0.25, -0.2) is 4.79 Å². The van der Waals surface area contributed by atoms with Crippen LogP contribution in [0.2, 0.25) is 0 Å². The number of rotatable bonds is 3. The standard InChI is InChI=1S/C11H11BrO3/c12-8-5-2-6-9(10(8)11(13)14)15-7-3-1-4-7/h2,5-7H,1,3-4H2,(H,13,14). The van der Waals surface area contributed by atoms with Crippen LogP contribution in [-0.4, -0.2) is 17.2 Å². The Morgan fingerprint density at radius 1 is 1.47 bits per heavy atom. The number of hydrogen-bond acceptors (Lipinski definition) is 2. The monoisotopic (exact) mass is 270 g/mol. The van der Waals surface area contributed by atoms with Crippen molar-refractivity contribution in [1.29, 1.82) is 0 Å². The van der Waals surface area contributed by atoms with Gasteiger partial charge in [-0.05, 0) is 47.3 Å². The molecular formula is C11H11BrO3. The molecule has 0 saturated heterocycles. The smallest absolute Gasteiger partial charge is 0.340 e. The third kappa shape index (κ3) is 2.15. The van der Waals surface area contributed by atoms with E-state index in [1.165, 1.54) is 6.42 Å². The van der Waals surface area contributed by atoms with E-state index in [2.05, 4.69) is 15.9 Å². The molecule has 1 fully saturated rings. The fraction of sp³-hybridized carbons (Fsp3) is 0.364. The van der Waals surface area contributed by atoms with Crippen LogP contribution in [0.3, 0.4) is 0 Å². The summed E-state index contributed by atoms with van der Waals surface area (Å²) in [7, 11) is 0. The highest BCUT2D eigenvalue weighted by atomic mass is 79.9. The van der Waals surface area contributed by atoms with E-state index in [1.807, 2.05) is 0 Å². The van der Waals surface area contributed by atoms with Gasteiger partial charge >= 0.3 is 5.97 Å². The third-order valence-corrected chi connectivity index (χ3v) is 3.20. The summed E-state index contributed by atoms with van der Waals surface area (Å²) >= 11 is 3.22. The molecule has 1 saturated carbocycles. The maximum absolute atomic E-state index is 11.0. The number of hydrogen-bond donors (Lipinski definition) is 1. The third-order valence-electron chi connectivity index (χ3n) is 2.54. The number of halogens is 1. The van der Waals surface area contributed by atoms with Gasteiger partial charge in [-0.1, -0.05) is 6.07 Å². The molecule has 0 bridgehead atoms. The molecule has 0 spiro atoms. The van der Waals surface area contributed by atoms with Crippen LogP contribution in [0.15, 0.2) is 22.7 Å². The lowest BCUT2D eigenvalue weighted by atomic mass is 9.96. The first-order valence-corrected chi connectivity index (χ1v) is 5.66. The summed E-state index contributed by atoms with van der Waals surface area (Å²) in [6.07, 6.45) is 3.40. The predicted octanol–water partition coefficient (Wildman–Crippen LogP) is 3.08. The van der Waals surface area contributed by atoms with Gasteiger partial charge < -0.3 is 9.84 Å². The van der Waals surface area contributed by atoms with Crippen LogP contribution in [0.4, 0.5) is 0 Å². The van der Waals surface area contributed by atoms with E-state index >= 15 is 0 Å². The van der Waals surface area contributed by atoms with Crippen molar-refractivity contribution in [2.24, 2.45) is 0 Å². The zero-order valence-corrected chi connectivity index (χ0v) is 9.66. The molecule has 0 unspecified atom stereocenters. The highest BCUT2D eigenvalue weighted by Crippen LogP contribution is 2.31. The molecule has 0 atom stereocenters. The van der Waals surface area contributed by atoms with Gasteiger partial charge in [0.2, 0.25) is 0 Å². The molecule has 0 aromatic heterocycles. The van der Waals surface area contributed by atoms with Crippen molar-refractivity contribution in [1.82, 2.24) is 0 Å². The summed E-state index contributed by atoms with van der Waals surface area (Å²) in [6.45, 7) is 0. The molecule has 0 radical (unpaired) electrons. The number of carboxylic acids is 1. The van der Waals surface area contributed by atoms with Gasteiger partial charge in [0.1, 0.15) is 11.3 Å². The first-order chi connectivity index (χ1) is 7.18. The van der Waals surface area contributed by atoms with E-state index in [0.29, 0.717) is 10.2 Å². The number of carbonyl (C=O) groups is 1. The average Bonchev–Trinajstić information content (AvgIpc) is 2.10. The minimum Gasteiger partial charge on any atom is -0.489 e. The van der Waals surface area contributed by atoms with Gasteiger partial charge in [0.25, 0.3) is 0 Å². The van der Waals surface area contributed by atoms with Crippen molar-refractivity contribution >= 4 is 21.9 Å². The molecule has 1 aromatic carbocycles. The van der Waals surface area contributed by atoms with E-state index in [-0.39, 0.29) is 11.7 Å². The number of aromatic carboxylic acids is 1. The Hall–Kier alpha value is -1.03. The summed E-state index contributed by atoms with van der Waals surface area (Å²) < 4.78 is 6.17. The van der Waals surface area contributed by atoms with Crippen molar-refractivity contribution in [3.8, 4) is 5.75 Å². The maximum atomic E-state index is 11.0. The van der Waals surface area contributed by atoms with E-state index in [0.717, 1.165) is 12.8 Å². The lowest BCUT2D eigenvalue weighted by molar-refractivity contribution is 0.0678. The van der Waals surface area contributed by atoms with Crippen LogP contribution in [0, 0.1) is 0 Å². The maximum Gasteiger partial charge on any atom is 0.340 e. The lowest BCUT2D eigenvalue weighted by Gasteiger charge is -2.27. The molecule has 0 heterocycles. The topological polar surface area (TPSA) is 46.5 Å². The van der Waals surface area contributed by atoms with Crippen LogP contribution in [0.5, 0.6) is 5.75 Å². The molecule has 1 aliphatic carbocycles. The van der Waals surface area contributed by atoms with Crippen LogP contribution < -0.4 is 4.74 Å². The van der Waals surface area contributed by atoms with Crippen molar-refractivity contribution < 1.29 is 14.6 Å². The fourth-order valence-corrected chi connectivity index (χ4v) is 2.00. The molecule has 0 amide bonds. The Morgan fingerprint density at radius 2 is 2.20 bits per heavy atom. The molecule has 3 nitrogen and oxygen atoms in total. The summed E-state index contributed by atoms with van der Waals surface area (Å²) in [4.78, 5) is 11.0. The van der Waals surface area contributed by atoms with Crippen LogP contribution in [0.25, 0.3) is 0 Å². The van der Waals surface area contributed by atoms with Crippen molar-refractivity contribution in [2.45, 2.75) is 25.4 Å². The van der Waals surface area contributed by atoms with Crippen LogP contribution >= 0.6 is 15.9 Å². The van der Waals surface area contributed by atoms with Crippen LogP contribution in [-0.2, 0) is 0 Å². The molecule has 1 aromatic rings. The Bertz CT molecular complexity index is 385. The van der Waals surface area contributed by atoms with Crippen molar-refractivity contribution in [3.63, 3.8) is 0 Å². The minimum atomic E-state index is -0.961. The number of benzene rings is 1. The lowest BCUT2D eigenvalue weighted by Crippen LogP contribution is -2.25. The molecule has 4 heteroatoms. The minimum absolute atomic E-state index is 0.192. The van der Waals surface area contributed by atoms with Gasteiger partial charge in [-0.3, -0.25) is 0 Å². The first-order valence-electron chi connectivity index (χ1n) is 4.87. The van der Waals surface area contributed by atoms with E-state index in [4.69, 9.17) is 9.84 Å². The summed E-state index contributed by atoms with van der Waals surface area (Å²) in [5.74, 6) is -0.502. The van der Waals surface area contributed by atoms with Gasteiger partial charge in [0.15, 0.2) is 0 Å². The molecule has 80 valence electrons. The first kappa shape index (κ1) is 10.5. The molecular weight excluding hydrogens is 260 g/mol. The molecule has 0 aliphatic heterocycles. The Kier molecular flexibility index (Phi) is 2.95. The van der Waals surface area contributed by atoms with Gasteiger partial charge in [0.05, 0.1) is 6.10 Å². The molecule has 1 aliphatic rings. The second-order valence-corrected chi connectivity index (χ2v) is 4.44. The zero-order chi connectivity index (χ0) is 10.8. The molecule has 1 N–H and O–H groups in total. The summed E-state index contributed by atoms with van der Waals surface area (Å²) in [5.41, 5.74) is 0.212.